The average molecular weight is 283 g/mol. The van der Waals surface area contributed by atoms with Crippen molar-refractivity contribution in [2.45, 2.75) is 31.4 Å². The third-order valence-corrected chi connectivity index (χ3v) is 4.23. The minimum absolute atomic E-state index is 0.0859. The molecule has 1 unspecified atom stereocenters. The zero-order valence-electron chi connectivity index (χ0n) is 11.1. The first-order valence-corrected chi connectivity index (χ1v) is 6.73. The molecule has 0 radical (unpaired) electrons. The van der Waals surface area contributed by atoms with Gasteiger partial charge in [-0.2, -0.15) is 13.2 Å². The van der Waals surface area contributed by atoms with Crippen LogP contribution in [0.1, 0.15) is 31.2 Å². The lowest BCUT2D eigenvalue weighted by molar-refractivity contribution is -0.137. The highest BCUT2D eigenvalue weighted by Gasteiger charge is 2.37. The van der Waals surface area contributed by atoms with Gasteiger partial charge in [-0.1, -0.05) is 6.92 Å². The molecule has 1 aliphatic rings. The maximum Gasteiger partial charge on any atom is 0.416 e. The van der Waals surface area contributed by atoms with E-state index in [0.717, 1.165) is 43.9 Å². The molecule has 1 aromatic carbocycles. The molecule has 1 fully saturated rings. The van der Waals surface area contributed by atoms with Crippen LogP contribution in [0.25, 0.3) is 11.0 Å². The number of H-pyrrole nitrogens is 1. The Labute approximate surface area is 114 Å². The summed E-state index contributed by atoms with van der Waals surface area (Å²) in [5.74, 6) is 0.791. The first-order chi connectivity index (χ1) is 9.44. The summed E-state index contributed by atoms with van der Waals surface area (Å²) in [5, 5.41) is 3.30. The van der Waals surface area contributed by atoms with Crippen LogP contribution in [0.5, 0.6) is 0 Å². The zero-order chi connectivity index (χ0) is 14.4. The van der Waals surface area contributed by atoms with Crippen molar-refractivity contribution >= 4 is 11.0 Å². The topological polar surface area (TPSA) is 40.7 Å². The number of halogens is 3. The number of benzene rings is 1. The van der Waals surface area contributed by atoms with Crippen molar-refractivity contribution in [2.75, 3.05) is 13.1 Å². The van der Waals surface area contributed by atoms with Gasteiger partial charge < -0.3 is 10.3 Å². The van der Waals surface area contributed by atoms with Crippen molar-refractivity contribution in [3.05, 3.63) is 29.6 Å². The molecule has 2 heterocycles. The van der Waals surface area contributed by atoms with Crippen molar-refractivity contribution in [1.82, 2.24) is 15.3 Å². The highest BCUT2D eigenvalue weighted by Crippen LogP contribution is 2.35. The van der Waals surface area contributed by atoms with Gasteiger partial charge in [-0.3, -0.25) is 0 Å². The molecule has 0 spiro atoms. The molecule has 0 aliphatic carbocycles. The number of hydrogen-bond donors (Lipinski definition) is 2. The van der Waals surface area contributed by atoms with Gasteiger partial charge in [0.1, 0.15) is 5.82 Å². The molecule has 6 heteroatoms. The summed E-state index contributed by atoms with van der Waals surface area (Å²) in [6, 6.07) is 3.65. The van der Waals surface area contributed by atoms with Crippen molar-refractivity contribution in [1.29, 1.82) is 0 Å². The molecule has 2 N–H and O–H groups in total. The number of alkyl halides is 3. The van der Waals surface area contributed by atoms with E-state index in [2.05, 4.69) is 22.2 Å². The molecule has 0 bridgehead atoms. The smallest absolute Gasteiger partial charge is 0.341 e. The predicted octanol–water partition coefficient (Wildman–Crippen LogP) is 3.22. The summed E-state index contributed by atoms with van der Waals surface area (Å²) in [7, 11) is 0. The Balaban J connectivity index is 2.07. The standard InChI is InChI=1S/C14H16F3N3/c1-2-13(5-6-18-8-13)12-19-10-4-3-9(14(15,16)17)7-11(10)20-12/h3-4,7,18H,2,5-6,8H2,1H3,(H,19,20). The molecule has 1 saturated heterocycles. The second-order valence-electron chi connectivity index (χ2n) is 5.38. The summed E-state index contributed by atoms with van der Waals surface area (Å²) in [4.78, 5) is 7.59. The molecule has 3 rings (SSSR count). The molecule has 1 atom stereocenters. The Hall–Kier alpha value is -1.56. The zero-order valence-corrected chi connectivity index (χ0v) is 11.1. The molecule has 20 heavy (non-hydrogen) atoms. The van der Waals surface area contributed by atoms with Crippen LogP contribution in [0.3, 0.4) is 0 Å². The van der Waals surface area contributed by atoms with Gasteiger partial charge in [0.25, 0.3) is 0 Å². The van der Waals surface area contributed by atoms with E-state index in [9.17, 15) is 13.2 Å². The summed E-state index contributed by atoms with van der Waals surface area (Å²) >= 11 is 0. The Morgan fingerprint density at radius 3 is 2.75 bits per heavy atom. The Morgan fingerprint density at radius 1 is 1.35 bits per heavy atom. The van der Waals surface area contributed by atoms with Crippen LogP contribution in [0.2, 0.25) is 0 Å². The predicted molar refractivity (Wildman–Crippen MR) is 70.6 cm³/mol. The molecule has 1 aromatic heterocycles. The van der Waals surface area contributed by atoms with Gasteiger partial charge in [0.05, 0.1) is 16.6 Å². The number of hydrogen-bond acceptors (Lipinski definition) is 2. The van der Waals surface area contributed by atoms with Gasteiger partial charge in [-0.15, -0.1) is 0 Å². The van der Waals surface area contributed by atoms with Crippen LogP contribution in [0.15, 0.2) is 18.2 Å². The molecule has 0 saturated carbocycles. The lowest BCUT2D eigenvalue weighted by atomic mass is 9.83. The number of fused-ring (bicyclic) bond motifs is 1. The first-order valence-electron chi connectivity index (χ1n) is 6.73. The van der Waals surface area contributed by atoms with E-state index in [1.165, 1.54) is 6.07 Å². The molecule has 1 aliphatic heterocycles. The van der Waals surface area contributed by atoms with Gasteiger partial charge in [-0.05, 0) is 37.6 Å². The summed E-state index contributed by atoms with van der Waals surface area (Å²) in [6.45, 7) is 3.81. The van der Waals surface area contributed by atoms with E-state index in [1.54, 1.807) is 0 Å². The highest BCUT2D eigenvalue weighted by atomic mass is 19.4. The largest absolute Gasteiger partial charge is 0.416 e. The van der Waals surface area contributed by atoms with Gasteiger partial charge in [0.2, 0.25) is 0 Å². The molecular weight excluding hydrogens is 267 g/mol. The van der Waals surface area contributed by atoms with Crippen LogP contribution in [0, 0.1) is 0 Å². The van der Waals surface area contributed by atoms with Crippen molar-refractivity contribution in [3.63, 3.8) is 0 Å². The fraction of sp³-hybridized carbons (Fsp3) is 0.500. The van der Waals surface area contributed by atoms with E-state index >= 15 is 0 Å². The van der Waals surface area contributed by atoms with Gasteiger partial charge in [0.15, 0.2) is 0 Å². The maximum atomic E-state index is 12.7. The number of imidazole rings is 1. The summed E-state index contributed by atoms with van der Waals surface area (Å²) < 4.78 is 38.2. The van der Waals surface area contributed by atoms with Gasteiger partial charge >= 0.3 is 6.18 Å². The van der Waals surface area contributed by atoms with E-state index in [1.807, 2.05) is 0 Å². The Bertz CT molecular complexity index is 624. The Morgan fingerprint density at radius 2 is 2.15 bits per heavy atom. The van der Waals surface area contributed by atoms with E-state index in [0.29, 0.717) is 11.0 Å². The van der Waals surface area contributed by atoms with Gasteiger partial charge in [0, 0.05) is 12.0 Å². The lowest BCUT2D eigenvalue weighted by Crippen LogP contribution is -2.29. The van der Waals surface area contributed by atoms with Crippen LogP contribution in [-0.4, -0.2) is 23.1 Å². The molecular formula is C14H16F3N3. The minimum atomic E-state index is -4.32. The summed E-state index contributed by atoms with van der Waals surface area (Å²) in [6.07, 6.45) is -2.46. The van der Waals surface area contributed by atoms with Crippen LogP contribution < -0.4 is 5.32 Å². The quantitative estimate of drug-likeness (QED) is 0.888. The van der Waals surface area contributed by atoms with E-state index in [4.69, 9.17) is 0 Å². The van der Waals surface area contributed by atoms with Gasteiger partial charge in [-0.25, -0.2) is 4.98 Å². The normalized spacial score (nSPS) is 23.6. The number of aromatic amines is 1. The van der Waals surface area contributed by atoms with Crippen molar-refractivity contribution < 1.29 is 13.2 Å². The maximum absolute atomic E-state index is 12.7. The molecule has 0 amide bonds. The number of nitrogens with zero attached hydrogens (tertiary/aromatic N) is 1. The fourth-order valence-electron chi connectivity index (χ4n) is 2.85. The highest BCUT2D eigenvalue weighted by molar-refractivity contribution is 5.76. The second kappa shape index (κ2) is 4.48. The molecule has 2 aromatic rings. The average Bonchev–Trinajstić information content (AvgIpc) is 3.04. The number of rotatable bonds is 2. The first kappa shape index (κ1) is 13.4. The summed E-state index contributed by atoms with van der Waals surface area (Å²) in [5.41, 5.74) is 0.315. The lowest BCUT2D eigenvalue weighted by Gasteiger charge is -2.23. The molecule has 3 nitrogen and oxygen atoms in total. The van der Waals surface area contributed by atoms with Crippen LogP contribution in [0.4, 0.5) is 13.2 Å². The van der Waals surface area contributed by atoms with Crippen molar-refractivity contribution in [2.24, 2.45) is 0 Å². The van der Waals surface area contributed by atoms with Crippen LogP contribution >= 0.6 is 0 Å². The fourth-order valence-corrected chi connectivity index (χ4v) is 2.85. The minimum Gasteiger partial charge on any atom is -0.341 e. The number of nitrogens with one attached hydrogen (secondary N) is 2. The SMILES string of the molecule is CCC1(c2nc3ccc(C(F)(F)F)cc3[nH]2)CCNC1. The van der Waals surface area contributed by atoms with E-state index < -0.39 is 11.7 Å². The van der Waals surface area contributed by atoms with E-state index in [-0.39, 0.29) is 5.41 Å². The third-order valence-electron chi connectivity index (χ3n) is 4.23. The second-order valence-corrected chi connectivity index (χ2v) is 5.38. The third kappa shape index (κ3) is 2.08. The Kier molecular flexibility index (Phi) is 3.01. The molecule has 108 valence electrons. The van der Waals surface area contributed by atoms with Crippen LogP contribution in [-0.2, 0) is 11.6 Å². The van der Waals surface area contributed by atoms with Crippen molar-refractivity contribution in [3.8, 4) is 0 Å². The monoisotopic (exact) mass is 283 g/mol. The number of aromatic nitrogens is 2.